The molecule has 0 aliphatic carbocycles. The fraction of sp³-hybridized carbons (Fsp3) is 0. The molecule has 0 aliphatic rings. The molecule has 0 saturated heterocycles. The SMILES string of the molecule is O=C(O)c1cc(S(=O)(=O)O)ccc1O.[Cu]. The second kappa shape index (κ2) is 4.63. The molecular weight excluding hydrogens is 276 g/mol. The van der Waals surface area contributed by atoms with Crippen LogP contribution in [0, 0.1) is 0 Å². The summed E-state index contributed by atoms with van der Waals surface area (Å²) in [5, 5.41) is 17.5. The molecule has 0 atom stereocenters. The third-order valence-electron chi connectivity index (χ3n) is 1.50. The van der Waals surface area contributed by atoms with Gasteiger partial charge in [-0.3, -0.25) is 4.55 Å². The van der Waals surface area contributed by atoms with E-state index in [0.29, 0.717) is 6.07 Å². The summed E-state index contributed by atoms with van der Waals surface area (Å²) in [5.41, 5.74) is -0.583. The Bertz CT molecular complexity index is 480. The maximum absolute atomic E-state index is 10.6. The molecule has 0 bridgehead atoms. The van der Waals surface area contributed by atoms with E-state index in [1.54, 1.807) is 0 Å². The van der Waals surface area contributed by atoms with Crippen LogP contribution in [0.25, 0.3) is 0 Å². The van der Waals surface area contributed by atoms with Gasteiger partial charge in [0.25, 0.3) is 10.1 Å². The van der Waals surface area contributed by atoms with Gasteiger partial charge >= 0.3 is 5.97 Å². The van der Waals surface area contributed by atoms with E-state index in [4.69, 9.17) is 14.8 Å². The average molecular weight is 282 g/mol. The maximum Gasteiger partial charge on any atom is 0.339 e. The molecule has 1 radical (unpaired) electrons. The van der Waals surface area contributed by atoms with Gasteiger partial charge in [-0.05, 0) is 18.2 Å². The molecule has 0 amide bonds. The van der Waals surface area contributed by atoms with Crippen molar-refractivity contribution in [3.05, 3.63) is 23.8 Å². The molecule has 1 rings (SSSR count). The molecular formula is C7H6CuO6S. The number of carbonyl (C=O) groups is 1. The third kappa shape index (κ3) is 3.21. The van der Waals surface area contributed by atoms with Crippen LogP contribution in [0.5, 0.6) is 5.75 Å². The first kappa shape index (κ1) is 13.9. The molecule has 0 fully saturated rings. The molecule has 8 heteroatoms. The van der Waals surface area contributed by atoms with E-state index >= 15 is 0 Å². The molecule has 1 aromatic rings. The number of phenols is 1. The van der Waals surface area contributed by atoms with Crippen LogP contribution in [0.1, 0.15) is 10.4 Å². The Labute approximate surface area is 95.8 Å². The van der Waals surface area contributed by atoms with Gasteiger partial charge in [-0.25, -0.2) is 4.79 Å². The number of aromatic carboxylic acids is 1. The third-order valence-corrected chi connectivity index (χ3v) is 2.35. The number of carboxylic acid groups (broad SMARTS) is 1. The Morgan fingerprint density at radius 3 is 2.20 bits per heavy atom. The van der Waals surface area contributed by atoms with Gasteiger partial charge in [0.05, 0.1) is 4.90 Å². The molecule has 0 aliphatic heterocycles. The Kier molecular flexibility index (Phi) is 4.29. The summed E-state index contributed by atoms with van der Waals surface area (Å²) >= 11 is 0. The molecule has 0 spiro atoms. The minimum absolute atomic E-state index is 0. The van der Waals surface area contributed by atoms with Crippen LogP contribution < -0.4 is 0 Å². The molecule has 15 heavy (non-hydrogen) atoms. The van der Waals surface area contributed by atoms with Crippen LogP contribution in [0.3, 0.4) is 0 Å². The van der Waals surface area contributed by atoms with Crippen LogP contribution in [-0.4, -0.2) is 29.2 Å². The smallest absolute Gasteiger partial charge is 0.339 e. The van der Waals surface area contributed by atoms with Crippen molar-refractivity contribution in [2.24, 2.45) is 0 Å². The van der Waals surface area contributed by atoms with Gasteiger partial charge in [0.15, 0.2) is 0 Å². The van der Waals surface area contributed by atoms with Crippen LogP contribution >= 0.6 is 0 Å². The first-order valence-electron chi connectivity index (χ1n) is 3.36. The fourth-order valence-corrected chi connectivity index (χ4v) is 1.35. The van der Waals surface area contributed by atoms with Crippen molar-refractivity contribution in [2.45, 2.75) is 4.90 Å². The van der Waals surface area contributed by atoms with E-state index in [0.717, 1.165) is 12.1 Å². The molecule has 0 aromatic heterocycles. The van der Waals surface area contributed by atoms with Gasteiger partial charge < -0.3 is 10.2 Å². The average Bonchev–Trinajstić information content (AvgIpc) is 2.02. The number of hydrogen-bond acceptors (Lipinski definition) is 4. The zero-order valence-electron chi connectivity index (χ0n) is 7.01. The van der Waals surface area contributed by atoms with Gasteiger partial charge in [-0.1, -0.05) is 0 Å². The van der Waals surface area contributed by atoms with Crippen molar-refractivity contribution < 1.29 is 45.0 Å². The summed E-state index contributed by atoms with van der Waals surface area (Å²) in [6, 6.07) is 2.46. The summed E-state index contributed by atoms with van der Waals surface area (Å²) in [6.45, 7) is 0. The second-order valence-corrected chi connectivity index (χ2v) is 3.88. The predicted molar refractivity (Wildman–Crippen MR) is 44.9 cm³/mol. The van der Waals surface area contributed by atoms with Crippen molar-refractivity contribution in [3.8, 4) is 5.75 Å². The molecule has 0 unspecified atom stereocenters. The summed E-state index contributed by atoms with van der Waals surface area (Å²) in [4.78, 5) is 9.89. The van der Waals surface area contributed by atoms with Crippen molar-refractivity contribution in [1.29, 1.82) is 0 Å². The van der Waals surface area contributed by atoms with Crippen LogP contribution in [0.2, 0.25) is 0 Å². The zero-order chi connectivity index (χ0) is 10.9. The fourth-order valence-electron chi connectivity index (χ4n) is 0.847. The predicted octanol–water partition coefficient (Wildman–Crippen LogP) is 0.335. The van der Waals surface area contributed by atoms with E-state index in [2.05, 4.69) is 0 Å². The second-order valence-electron chi connectivity index (χ2n) is 2.46. The number of benzene rings is 1. The first-order valence-corrected chi connectivity index (χ1v) is 4.80. The summed E-state index contributed by atoms with van der Waals surface area (Å²) in [5.74, 6) is -2.04. The Morgan fingerprint density at radius 2 is 1.80 bits per heavy atom. The topological polar surface area (TPSA) is 112 Å². The standard InChI is InChI=1S/C7H6O6S.Cu/c8-6-2-1-4(14(11,12)13)3-5(6)7(9)10;/h1-3,8H,(H,9,10)(H,11,12,13);. The number of rotatable bonds is 2. The van der Waals surface area contributed by atoms with Crippen molar-refractivity contribution in [3.63, 3.8) is 0 Å². The monoisotopic (exact) mass is 281 g/mol. The molecule has 3 N–H and O–H groups in total. The van der Waals surface area contributed by atoms with E-state index in [1.807, 2.05) is 0 Å². The van der Waals surface area contributed by atoms with Crippen molar-refractivity contribution in [2.75, 3.05) is 0 Å². The van der Waals surface area contributed by atoms with Gasteiger partial charge in [-0.15, -0.1) is 0 Å². The van der Waals surface area contributed by atoms with Gasteiger partial charge in [0.1, 0.15) is 11.3 Å². The van der Waals surface area contributed by atoms with Crippen LogP contribution in [0.4, 0.5) is 0 Å². The summed E-state index contributed by atoms with van der Waals surface area (Å²) in [7, 11) is -4.45. The molecule has 0 heterocycles. The normalized spacial score (nSPS) is 10.5. The van der Waals surface area contributed by atoms with Crippen molar-refractivity contribution in [1.82, 2.24) is 0 Å². The van der Waals surface area contributed by atoms with Crippen LogP contribution in [-0.2, 0) is 27.2 Å². The van der Waals surface area contributed by atoms with Crippen molar-refractivity contribution >= 4 is 16.1 Å². The Balaban J connectivity index is 0.00000196. The molecule has 6 nitrogen and oxygen atoms in total. The molecule has 0 saturated carbocycles. The number of aromatic hydroxyl groups is 1. The van der Waals surface area contributed by atoms with E-state index in [9.17, 15) is 13.2 Å². The summed E-state index contributed by atoms with van der Waals surface area (Å²) in [6.07, 6.45) is 0. The van der Waals surface area contributed by atoms with E-state index in [-0.39, 0.29) is 17.1 Å². The van der Waals surface area contributed by atoms with Crippen LogP contribution in [0.15, 0.2) is 23.1 Å². The maximum atomic E-state index is 10.6. The summed E-state index contributed by atoms with van der Waals surface area (Å²) < 4.78 is 29.8. The van der Waals surface area contributed by atoms with E-state index < -0.39 is 32.3 Å². The molecule has 87 valence electrons. The Hall–Kier alpha value is -1.08. The van der Waals surface area contributed by atoms with Gasteiger partial charge in [-0.2, -0.15) is 8.42 Å². The van der Waals surface area contributed by atoms with E-state index in [1.165, 1.54) is 0 Å². The Morgan fingerprint density at radius 1 is 1.27 bits per heavy atom. The number of hydrogen-bond donors (Lipinski definition) is 3. The van der Waals surface area contributed by atoms with Gasteiger partial charge in [0.2, 0.25) is 0 Å². The minimum Gasteiger partial charge on any atom is -0.507 e. The first-order chi connectivity index (χ1) is 6.32. The minimum atomic E-state index is -4.45. The zero-order valence-corrected chi connectivity index (χ0v) is 8.77. The largest absolute Gasteiger partial charge is 0.507 e. The molecule has 1 aromatic carbocycles. The quantitative estimate of drug-likeness (QED) is 0.532. The number of carboxylic acids is 1. The van der Waals surface area contributed by atoms with Gasteiger partial charge in [0, 0.05) is 17.1 Å².